The molecule has 1 aliphatic rings. The normalized spacial score (nSPS) is 15.2. The van der Waals surface area contributed by atoms with Crippen molar-refractivity contribution in [3.05, 3.63) is 83.7 Å². The van der Waals surface area contributed by atoms with Gasteiger partial charge >= 0.3 is 12.1 Å². The van der Waals surface area contributed by atoms with E-state index in [0.29, 0.717) is 12.0 Å². The average Bonchev–Trinajstić information content (AvgIpc) is 3.61. The zero-order valence-corrected chi connectivity index (χ0v) is 18.5. The maximum atomic E-state index is 13.3. The Morgan fingerprint density at radius 3 is 2.06 bits per heavy atom. The summed E-state index contributed by atoms with van der Waals surface area (Å²) in [7, 11) is -4.15. The minimum absolute atomic E-state index is 0.182. The highest BCUT2D eigenvalue weighted by Crippen LogP contribution is 2.41. The summed E-state index contributed by atoms with van der Waals surface area (Å²) in [5.74, 6) is -2.47. The van der Waals surface area contributed by atoms with E-state index < -0.39 is 39.3 Å². The zero-order valence-electron chi connectivity index (χ0n) is 17.7. The van der Waals surface area contributed by atoms with Crippen LogP contribution in [0, 0.1) is 11.7 Å². The van der Waals surface area contributed by atoms with Crippen molar-refractivity contribution in [2.24, 2.45) is 5.92 Å². The summed E-state index contributed by atoms with van der Waals surface area (Å²) >= 11 is 0. The molecule has 3 aromatic carbocycles. The van der Waals surface area contributed by atoms with E-state index in [9.17, 15) is 35.9 Å². The molecule has 0 amide bonds. The Labute approximate surface area is 193 Å². The molecule has 0 aliphatic heterocycles. The topological polar surface area (TPSA) is 71.4 Å². The molecule has 0 saturated heterocycles. The van der Waals surface area contributed by atoms with E-state index >= 15 is 0 Å². The molecule has 1 saturated carbocycles. The van der Waals surface area contributed by atoms with Gasteiger partial charge in [-0.15, -0.1) is 0 Å². The molecule has 1 unspecified atom stereocenters. The van der Waals surface area contributed by atoms with Crippen molar-refractivity contribution in [2.75, 3.05) is 0 Å². The standard InChI is InChI=1S/C25H20F4O4S/c26-20-7-9-21(10-8-20)34(32,33)22-13-17(16-3-5-19(6-4-16)25(27,28)29)12-18(14-22)23(24(30)31)11-15-1-2-15/h3-10,12-15,23H,1-2,11H2,(H,30,31). The third-order valence-corrected chi connectivity index (χ3v) is 7.62. The van der Waals surface area contributed by atoms with E-state index in [0.717, 1.165) is 49.2 Å². The summed E-state index contributed by atoms with van der Waals surface area (Å²) in [5, 5.41) is 9.82. The predicted molar refractivity (Wildman–Crippen MR) is 116 cm³/mol. The molecule has 0 heterocycles. The van der Waals surface area contributed by atoms with Gasteiger partial charge in [-0.2, -0.15) is 13.2 Å². The lowest BCUT2D eigenvalue weighted by Crippen LogP contribution is -2.14. The van der Waals surface area contributed by atoms with Crippen LogP contribution in [-0.4, -0.2) is 19.5 Å². The lowest BCUT2D eigenvalue weighted by molar-refractivity contribution is -0.139. The third-order valence-electron chi connectivity index (χ3n) is 5.88. The number of rotatable bonds is 7. The van der Waals surface area contributed by atoms with Crippen molar-refractivity contribution < 1.29 is 35.9 Å². The van der Waals surface area contributed by atoms with Gasteiger partial charge in [0.05, 0.1) is 21.3 Å². The van der Waals surface area contributed by atoms with Gasteiger partial charge in [-0.25, -0.2) is 12.8 Å². The van der Waals surface area contributed by atoms with E-state index in [1.807, 2.05) is 0 Å². The minimum atomic E-state index is -4.53. The van der Waals surface area contributed by atoms with Crippen molar-refractivity contribution >= 4 is 15.8 Å². The van der Waals surface area contributed by atoms with E-state index in [1.54, 1.807) is 0 Å². The molecule has 0 radical (unpaired) electrons. The van der Waals surface area contributed by atoms with Gasteiger partial charge in [0.25, 0.3) is 0 Å². The number of carboxylic acid groups (broad SMARTS) is 1. The van der Waals surface area contributed by atoms with Crippen LogP contribution in [0.5, 0.6) is 0 Å². The van der Waals surface area contributed by atoms with Gasteiger partial charge < -0.3 is 5.11 Å². The lowest BCUT2D eigenvalue weighted by atomic mass is 9.91. The monoisotopic (exact) mass is 492 g/mol. The molecule has 1 fully saturated rings. The highest BCUT2D eigenvalue weighted by atomic mass is 32.2. The van der Waals surface area contributed by atoms with Gasteiger partial charge in [-0.05, 0) is 77.6 Å². The number of hydrogen-bond acceptors (Lipinski definition) is 3. The molecule has 0 bridgehead atoms. The van der Waals surface area contributed by atoms with Crippen molar-refractivity contribution in [3.8, 4) is 11.1 Å². The average molecular weight is 492 g/mol. The molecule has 178 valence electrons. The number of benzene rings is 3. The first-order chi connectivity index (χ1) is 15.9. The summed E-state index contributed by atoms with van der Waals surface area (Å²) in [6, 6.07) is 12.5. The second-order valence-electron chi connectivity index (χ2n) is 8.39. The quantitative estimate of drug-likeness (QED) is 0.310. The van der Waals surface area contributed by atoms with Crippen molar-refractivity contribution in [1.82, 2.24) is 0 Å². The number of carbonyl (C=O) groups is 1. The molecule has 0 spiro atoms. The molecular weight excluding hydrogens is 472 g/mol. The third kappa shape index (κ3) is 5.14. The van der Waals surface area contributed by atoms with Gasteiger partial charge in [0.1, 0.15) is 5.82 Å². The number of carboxylic acids is 1. The number of halogens is 4. The molecule has 34 heavy (non-hydrogen) atoms. The second-order valence-corrected chi connectivity index (χ2v) is 10.3. The van der Waals surface area contributed by atoms with Crippen molar-refractivity contribution in [2.45, 2.75) is 41.1 Å². The van der Waals surface area contributed by atoms with Crippen LogP contribution in [0.1, 0.15) is 36.3 Å². The van der Waals surface area contributed by atoms with Crippen LogP contribution in [0.2, 0.25) is 0 Å². The first kappa shape index (κ1) is 23.9. The van der Waals surface area contributed by atoms with E-state index in [2.05, 4.69) is 0 Å². The fourth-order valence-electron chi connectivity index (χ4n) is 3.81. The highest BCUT2D eigenvalue weighted by molar-refractivity contribution is 7.91. The number of hydrogen-bond donors (Lipinski definition) is 1. The summed E-state index contributed by atoms with van der Waals surface area (Å²) in [6.07, 6.45) is -2.41. The first-order valence-corrected chi connectivity index (χ1v) is 12.0. The Hall–Kier alpha value is -3.20. The molecular formula is C25H20F4O4S. The van der Waals surface area contributed by atoms with Gasteiger partial charge in [0, 0.05) is 0 Å². The molecule has 4 rings (SSSR count). The summed E-state index contributed by atoms with van der Waals surface area (Å²) in [5.41, 5.74) is -0.0314. The van der Waals surface area contributed by atoms with Crippen LogP contribution in [0.3, 0.4) is 0 Å². The zero-order chi connectivity index (χ0) is 24.7. The number of sulfone groups is 1. The Morgan fingerprint density at radius 2 is 1.53 bits per heavy atom. The summed E-state index contributed by atoms with van der Waals surface area (Å²) in [4.78, 5) is 11.6. The second kappa shape index (κ2) is 8.87. The lowest BCUT2D eigenvalue weighted by Gasteiger charge is -2.17. The molecule has 9 heteroatoms. The van der Waals surface area contributed by atoms with E-state index in [1.165, 1.54) is 30.3 Å². The molecule has 1 aliphatic carbocycles. The van der Waals surface area contributed by atoms with E-state index in [-0.39, 0.29) is 26.8 Å². The van der Waals surface area contributed by atoms with Crippen molar-refractivity contribution in [3.63, 3.8) is 0 Å². The van der Waals surface area contributed by atoms with Gasteiger partial charge in [0.15, 0.2) is 0 Å². The fourth-order valence-corrected chi connectivity index (χ4v) is 5.15. The van der Waals surface area contributed by atoms with E-state index in [4.69, 9.17) is 0 Å². The Balaban J connectivity index is 1.85. The van der Waals surface area contributed by atoms with Gasteiger partial charge in [-0.1, -0.05) is 31.0 Å². The number of aliphatic carboxylic acids is 1. The molecule has 1 atom stereocenters. The van der Waals surface area contributed by atoms with Crippen LogP contribution >= 0.6 is 0 Å². The van der Waals surface area contributed by atoms with Crippen LogP contribution in [0.25, 0.3) is 11.1 Å². The largest absolute Gasteiger partial charge is 0.481 e. The molecule has 4 nitrogen and oxygen atoms in total. The maximum Gasteiger partial charge on any atom is 0.416 e. The molecule has 0 aromatic heterocycles. The minimum Gasteiger partial charge on any atom is -0.481 e. The summed E-state index contributed by atoms with van der Waals surface area (Å²) < 4.78 is 78.8. The first-order valence-electron chi connectivity index (χ1n) is 10.5. The highest BCUT2D eigenvalue weighted by Gasteiger charge is 2.32. The molecule has 3 aromatic rings. The van der Waals surface area contributed by atoms with Crippen LogP contribution in [-0.2, 0) is 20.8 Å². The molecule has 1 N–H and O–H groups in total. The Morgan fingerprint density at radius 1 is 0.912 bits per heavy atom. The SMILES string of the molecule is O=C(O)C(CC1CC1)c1cc(-c2ccc(C(F)(F)F)cc2)cc(S(=O)(=O)c2ccc(F)cc2)c1. The van der Waals surface area contributed by atoms with Crippen LogP contribution in [0.15, 0.2) is 76.5 Å². The Bertz CT molecular complexity index is 1310. The van der Waals surface area contributed by atoms with Crippen LogP contribution < -0.4 is 0 Å². The number of alkyl halides is 3. The smallest absolute Gasteiger partial charge is 0.416 e. The van der Waals surface area contributed by atoms with Crippen LogP contribution in [0.4, 0.5) is 17.6 Å². The maximum absolute atomic E-state index is 13.3. The summed E-state index contributed by atoms with van der Waals surface area (Å²) in [6.45, 7) is 0. The van der Waals surface area contributed by atoms with Crippen molar-refractivity contribution in [1.29, 1.82) is 0 Å². The van der Waals surface area contributed by atoms with Gasteiger partial charge in [0.2, 0.25) is 9.84 Å². The fraction of sp³-hybridized carbons (Fsp3) is 0.240. The Kier molecular flexibility index (Phi) is 6.24. The van der Waals surface area contributed by atoms with Gasteiger partial charge in [-0.3, -0.25) is 4.79 Å². The predicted octanol–water partition coefficient (Wildman–Crippen LogP) is 6.31.